The van der Waals surface area contributed by atoms with Gasteiger partial charge in [0.25, 0.3) is 0 Å². The highest BCUT2D eigenvalue weighted by molar-refractivity contribution is 5.76. The molecule has 0 fully saturated rings. The third-order valence-electron chi connectivity index (χ3n) is 3.11. The van der Waals surface area contributed by atoms with Crippen LogP contribution >= 0.6 is 0 Å². The number of carbonyl (C=O) groups is 2. The molecule has 5 nitrogen and oxygen atoms in total. The average Bonchev–Trinajstić information content (AvgIpc) is 2.97. The predicted octanol–water partition coefficient (Wildman–Crippen LogP) is 2.16. The van der Waals surface area contributed by atoms with Crippen molar-refractivity contribution in [3.8, 4) is 0 Å². The largest absolute Gasteiger partial charge is 0.481 e. The summed E-state index contributed by atoms with van der Waals surface area (Å²) in [5, 5.41) is 11.7. The van der Waals surface area contributed by atoms with E-state index in [2.05, 4.69) is 5.32 Å². The van der Waals surface area contributed by atoms with Gasteiger partial charge in [0.1, 0.15) is 5.76 Å². The van der Waals surface area contributed by atoms with E-state index >= 15 is 0 Å². The van der Waals surface area contributed by atoms with Gasteiger partial charge in [-0.05, 0) is 23.3 Å². The molecule has 5 heteroatoms. The van der Waals surface area contributed by atoms with Crippen LogP contribution < -0.4 is 5.32 Å². The van der Waals surface area contributed by atoms with Gasteiger partial charge in [0.05, 0.1) is 12.7 Å². The van der Waals surface area contributed by atoms with Crippen LogP contribution in [0.4, 0.5) is 0 Å². The second-order valence-corrected chi connectivity index (χ2v) is 4.70. The molecule has 2 aromatic rings. The summed E-state index contributed by atoms with van der Waals surface area (Å²) in [5.74, 6) is -0.195. The summed E-state index contributed by atoms with van der Waals surface area (Å²) in [5.41, 5.74) is 1.54. The molecule has 0 spiro atoms. The third-order valence-corrected chi connectivity index (χ3v) is 3.11. The van der Waals surface area contributed by atoms with Gasteiger partial charge in [-0.1, -0.05) is 24.3 Å². The molecule has 0 aliphatic heterocycles. The van der Waals surface area contributed by atoms with Crippen molar-refractivity contribution in [2.75, 3.05) is 0 Å². The molecule has 21 heavy (non-hydrogen) atoms. The average molecular weight is 287 g/mol. The van der Waals surface area contributed by atoms with Gasteiger partial charge in [-0.25, -0.2) is 0 Å². The first kappa shape index (κ1) is 14.8. The number of nitrogens with one attached hydrogen (secondary N) is 1. The molecule has 0 aliphatic carbocycles. The smallest absolute Gasteiger partial charge is 0.307 e. The van der Waals surface area contributed by atoms with Gasteiger partial charge in [-0.3, -0.25) is 9.59 Å². The second kappa shape index (κ2) is 7.28. The standard InChI is InChI=1S/C16H17NO4/c18-15(8-7-14-6-3-9-21-14)17-11-13-5-2-1-4-12(13)10-16(19)20/h1-6,9H,7-8,10-11H2,(H,17,18)(H,19,20). The Labute approximate surface area is 122 Å². The summed E-state index contributed by atoms with van der Waals surface area (Å²) in [6, 6.07) is 10.8. The fourth-order valence-electron chi connectivity index (χ4n) is 2.04. The molecule has 1 amide bonds. The molecule has 0 saturated carbocycles. The van der Waals surface area contributed by atoms with Crippen molar-refractivity contribution < 1.29 is 19.1 Å². The van der Waals surface area contributed by atoms with E-state index in [0.717, 1.165) is 16.9 Å². The lowest BCUT2D eigenvalue weighted by Gasteiger charge is -2.09. The minimum Gasteiger partial charge on any atom is -0.481 e. The lowest BCUT2D eigenvalue weighted by atomic mass is 10.0. The summed E-state index contributed by atoms with van der Waals surface area (Å²) in [6.45, 7) is 0.334. The number of carboxylic acids is 1. The van der Waals surface area contributed by atoms with Crippen LogP contribution in [0.3, 0.4) is 0 Å². The maximum atomic E-state index is 11.8. The molecule has 2 rings (SSSR count). The number of benzene rings is 1. The maximum absolute atomic E-state index is 11.8. The quantitative estimate of drug-likeness (QED) is 0.817. The van der Waals surface area contributed by atoms with Crippen molar-refractivity contribution in [3.63, 3.8) is 0 Å². The molecule has 0 unspecified atom stereocenters. The van der Waals surface area contributed by atoms with E-state index < -0.39 is 5.97 Å². The molecule has 1 heterocycles. The summed E-state index contributed by atoms with van der Waals surface area (Å²) >= 11 is 0. The molecule has 0 atom stereocenters. The Morgan fingerprint density at radius 3 is 2.52 bits per heavy atom. The lowest BCUT2D eigenvalue weighted by Crippen LogP contribution is -2.23. The van der Waals surface area contributed by atoms with Crippen LogP contribution in [0.2, 0.25) is 0 Å². The predicted molar refractivity (Wildman–Crippen MR) is 76.7 cm³/mol. The van der Waals surface area contributed by atoms with Gasteiger partial charge in [-0.15, -0.1) is 0 Å². The molecular formula is C16H17NO4. The topological polar surface area (TPSA) is 79.5 Å². The Kier molecular flexibility index (Phi) is 5.15. The Balaban J connectivity index is 1.84. The first-order valence-corrected chi connectivity index (χ1v) is 6.73. The van der Waals surface area contributed by atoms with Crippen LogP contribution in [0, 0.1) is 0 Å². The molecule has 0 saturated heterocycles. The molecule has 0 bridgehead atoms. The van der Waals surface area contributed by atoms with E-state index in [1.807, 2.05) is 18.2 Å². The Morgan fingerprint density at radius 1 is 1.10 bits per heavy atom. The van der Waals surface area contributed by atoms with Crippen molar-refractivity contribution in [1.82, 2.24) is 5.32 Å². The minimum atomic E-state index is -0.883. The van der Waals surface area contributed by atoms with Crippen molar-refractivity contribution in [1.29, 1.82) is 0 Å². The van der Waals surface area contributed by atoms with E-state index in [4.69, 9.17) is 9.52 Å². The maximum Gasteiger partial charge on any atom is 0.307 e. The fraction of sp³-hybridized carbons (Fsp3) is 0.250. The highest BCUT2D eigenvalue weighted by atomic mass is 16.4. The monoisotopic (exact) mass is 287 g/mol. The second-order valence-electron chi connectivity index (χ2n) is 4.70. The number of furan rings is 1. The highest BCUT2D eigenvalue weighted by Crippen LogP contribution is 2.10. The summed E-state index contributed by atoms with van der Waals surface area (Å²) in [6.07, 6.45) is 2.43. The summed E-state index contributed by atoms with van der Waals surface area (Å²) < 4.78 is 5.16. The normalized spacial score (nSPS) is 10.3. The number of rotatable bonds is 7. The van der Waals surface area contributed by atoms with Gasteiger partial charge in [0, 0.05) is 19.4 Å². The number of aliphatic carboxylic acids is 1. The van der Waals surface area contributed by atoms with E-state index in [9.17, 15) is 9.59 Å². The summed E-state index contributed by atoms with van der Waals surface area (Å²) in [4.78, 5) is 22.6. The van der Waals surface area contributed by atoms with Crippen LogP contribution in [-0.2, 0) is 29.0 Å². The Bertz CT molecular complexity index is 604. The molecule has 110 valence electrons. The number of amides is 1. The van der Waals surface area contributed by atoms with Crippen molar-refractivity contribution in [3.05, 3.63) is 59.5 Å². The first-order valence-electron chi connectivity index (χ1n) is 6.73. The Hall–Kier alpha value is -2.56. The van der Waals surface area contributed by atoms with Crippen molar-refractivity contribution >= 4 is 11.9 Å². The SMILES string of the molecule is O=C(O)Cc1ccccc1CNC(=O)CCc1ccco1. The molecule has 1 aromatic heterocycles. The number of aryl methyl sites for hydroxylation is 1. The van der Waals surface area contributed by atoms with Gasteiger partial charge in [0.2, 0.25) is 5.91 Å². The molecule has 0 aliphatic rings. The number of carboxylic acid groups (broad SMARTS) is 1. The number of hydrogen-bond acceptors (Lipinski definition) is 3. The zero-order chi connectivity index (χ0) is 15.1. The third kappa shape index (κ3) is 4.80. The van der Waals surface area contributed by atoms with Crippen LogP contribution in [0.25, 0.3) is 0 Å². The number of hydrogen-bond donors (Lipinski definition) is 2. The van der Waals surface area contributed by atoms with Crippen LogP contribution in [0.15, 0.2) is 47.1 Å². The van der Waals surface area contributed by atoms with Crippen molar-refractivity contribution in [2.24, 2.45) is 0 Å². The van der Waals surface area contributed by atoms with Crippen LogP contribution in [0.1, 0.15) is 23.3 Å². The van der Waals surface area contributed by atoms with Crippen molar-refractivity contribution in [2.45, 2.75) is 25.8 Å². The summed E-state index contributed by atoms with van der Waals surface area (Å²) in [7, 11) is 0. The van der Waals surface area contributed by atoms with E-state index in [-0.39, 0.29) is 12.3 Å². The molecule has 2 N–H and O–H groups in total. The first-order chi connectivity index (χ1) is 10.1. The zero-order valence-corrected chi connectivity index (χ0v) is 11.5. The molecular weight excluding hydrogens is 270 g/mol. The Morgan fingerprint density at radius 2 is 1.86 bits per heavy atom. The van der Waals surface area contributed by atoms with Crippen LogP contribution in [-0.4, -0.2) is 17.0 Å². The lowest BCUT2D eigenvalue weighted by molar-refractivity contribution is -0.136. The zero-order valence-electron chi connectivity index (χ0n) is 11.5. The van der Waals surface area contributed by atoms with Gasteiger partial charge in [0.15, 0.2) is 0 Å². The van der Waals surface area contributed by atoms with E-state index in [1.165, 1.54) is 0 Å². The fourth-order valence-corrected chi connectivity index (χ4v) is 2.04. The highest BCUT2D eigenvalue weighted by Gasteiger charge is 2.08. The van der Waals surface area contributed by atoms with E-state index in [1.54, 1.807) is 24.5 Å². The van der Waals surface area contributed by atoms with E-state index in [0.29, 0.717) is 19.4 Å². The van der Waals surface area contributed by atoms with Crippen LogP contribution in [0.5, 0.6) is 0 Å². The minimum absolute atomic E-state index is 0.0432. The van der Waals surface area contributed by atoms with Gasteiger partial charge >= 0.3 is 5.97 Å². The molecule has 1 aromatic carbocycles. The van der Waals surface area contributed by atoms with Gasteiger partial charge in [-0.2, -0.15) is 0 Å². The number of carbonyl (C=O) groups excluding carboxylic acids is 1. The van der Waals surface area contributed by atoms with Gasteiger partial charge < -0.3 is 14.8 Å². The molecule has 0 radical (unpaired) electrons.